The number of nitrogens with zero attached hydrogens (tertiary/aromatic N) is 2. The van der Waals surface area contributed by atoms with Gasteiger partial charge in [-0.25, -0.2) is 0 Å². The number of carbonyl (C=O) groups is 1. The predicted molar refractivity (Wildman–Crippen MR) is 83.7 cm³/mol. The van der Waals surface area contributed by atoms with Gasteiger partial charge in [0.15, 0.2) is 6.61 Å². The molecule has 3 rings (SSSR count). The van der Waals surface area contributed by atoms with Crippen molar-refractivity contribution >= 4 is 11.6 Å². The molecule has 0 spiro atoms. The Kier molecular flexibility index (Phi) is 3.80. The molecule has 0 N–H and O–H groups in total. The van der Waals surface area contributed by atoms with Crippen molar-refractivity contribution in [3.63, 3.8) is 0 Å². The summed E-state index contributed by atoms with van der Waals surface area (Å²) >= 11 is 0. The molecule has 1 heterocycles. The molecule has 22 heavy (non-hydrogen) atoms. The van der Waals surface area contributed by atoms with E-state index in [1.54, 1.807) is 29.2 Å². The summed E-state index contributed by atoms with van der Waals surface area (Å²) in [5.74, 6) is 0.536. The van der Waals surface area contributed by atoms with Gasteiger partial charge in [-0.15, -0.1) is 0 Å². The van der Waals surface area contributed by atoms with Gasteiger partial charge in [0.25, 0.3) is 5.91 Å². The number of nitriles is 1. The van der Waals surface area contributed by atoms with Crippen LogP contribution in [0.25, 0.3) is 0 Å². The third-order valence-corrected chi connectivity index (χ3v) is 3.82. The summed E-state index contributed by atoms with van der Waals surface area (Å²) in [6, 6.07) is 16.9. The highest BCUT2D eigenvalue weighted by molar-refractivity contribution is 5.97. The van der Waals surface area contributed by atoms with E-state index in [0.29, 0.717) is 11.3 Å². The van der Waals surface area contributed by atoms with E-state index in [1.807, 2.05) is 31.2 Å². The molecule has 2 aromatic rings. The molecule has 110 valence electrons. The Labute approximate surface area is 129 Å². The molecule has 1 amide bonds. The van der Waals surface area contributed by atoms with E-state index < -0.39 is 0 Å². The summed E-state index contributed by atoms with van der Waals surface area (Å²) in [7, 11) is 0. The van der Waals surface area contributed by atoms with Gasteiger partial charge < -0.3 is 9.64 Å². The second-order valence-corrected chi connectivity index (χ2v) is 5.37. The molecule has 0 saturated heterocycles. The van der Waals surface area contributed by atoms with E-state index in [9.17, 15) is 4.79 Å². The Bertz CT molecular complexity index is 731. The lowest BCUT2D eigenvalue weighted by Gasteiger charge is -2.22. The maximum absolute atomic E-state index is 12.5. The van der Waals surface area contributed by atoms with E-state index >= 15 is 0 Å². The summed E-state index contributed by atoms with van der Waals surface area (Å²) in [4.78, 5) is 14.3. The second-order valence-electron chi connectivity index (χ2n) is 5.37. The maximum atomic E-state index is 12.5. The SMILES string of the molecule is CC1Cc2ccccc2N1C(=O)COc1ccc(C#N)cc1. The molecule has 0 fully saturated rings. The minimum Gasteiger partial charge on any atom is -0.484 e. The summed E-state index contributed by atoms with van der Waals surface area (Å²) in [6.07, 6.45) is 0.874. The van der Waals surface area contributed by atoms with Crippen LogP contribution < -0.4 is 9.64 Å². The number of hydrogen-bond donors (Lipinski definition) is 0. The molecule has 2 aromatic carbocycles. The zero-order chi connectivity index (χ0) is 15.5. The number of fused-ring (bicyclic) bond motifs is 1. The molecule has 4 nitrogen and oxygen atoms in total. The van der Waals surface area contributed by atoms with E-state index in [0.717, 1.165) is 12.1 Å². The third-order valence-electron chi connectivity index (χ3n) is 3.82. The minimum atomic E-state index is -0.0539. The van der Waals surface area contributed by atoms with Crippen LogP contribution in [-0.4, -0.2) is 18.6 Å². The Hall–Kier alpha value is -2.80. The molecule has 0 bridgehead atoms. The molecule has 0 aromatic heterocycles. The fourth-order valence-electron chi connectivity index (χ4n) is 2.79. The van der Waals surface area contributed by atoms with E-state index in [2.05, 4.69) is 6.07 Å². The van der Waals surface area contributed by atoms with Gasteiger partial charge in [0.2, 0.25) is 0 Å². The number of benzene rings is 2. The van der Waals surface area contributed by atoms with E-state index in [1.165, 1.54) is 5.56 Å². The van der Waals surface area contributed by atoms with Gasteiger partial charge >= 0.3 is 0 Å². The van der Waals surface area contributed by atoms with Gasteiger partial charge in [-0.1, -0.05) is 18.2 Å². The smallest absolute Gasteiger partial charge is 0.265 e. The van der Waals surface area contributed by atoms with Crippen LogP contribution in [0.15, 0.2) is 48.5 Å². The lowest BCUT2D eigenvalue weighted by Crippen LogP contribution is -2.39. The second kappa shape index (κ2) is 5.90. The monoisotopic (exact) mass is 292 g/mol. The summed E-state index contributed by atoms with van der Waals surface area (Å²) in [6.45, 7) is 2.03. The normalized spacial score (nSPS) is 16.0. The number of carbonyl (C=O) groups excluding carboxylic acids is 1. The molecule has 4 heteroatoms. The highest BCUT2D eigenvalue weighted by Crippen LogP contribution is 2.31. The van der Waals surface area contributed by atoms with Crippen LogP contribution in [0.1, 0.15) is 18.1 Å². The highest BCUT2D eigenvalue weighted by Gasteiger charge is 2.30. The quantitative estimate of drug-likeness (QED) is 0.874. The largest absolute Gasteiger partial charge is 0.484 e. The average Bonchev–Trinajstić information content (AvgIpc) is 2.89. The van der Waals surface area contributed by atoms with Gasteiger partial charge in [0, 0.05) is 11.7 Å². The number of anilines is 1. The number of hydrogen-bond acceptors (Lipinski definition) is 3. The standard InChI is InChI=1S/C18H16N2O2/c1-13-10-15-4-2-3-5-17(15)20(13)18(21)12-22-16-8-6-14(11-19)7-9-16/h2-9,13H,10,12H2,1H3. The lowest BCUT2D eigenvalue weighted by atomic mass is 10.1. The lowest BCUT2D eigenvalue weighted by molar-refractivity contribution is -0.120. The van der Waals surface area contributed by atoms with Crippen LogP contribution in [0, 0.1) is 11.3 Å². The summed E-state index contributed by atoms with van der Waals surface area (Å²) in [5, 5.41) is 8.76. The van der Waals surface area contributed by atoms with Gasteiger partial charge in [-0.2, -0.15) is 5.26 Å². The molecular formula is C18H16N2O2. The van der Waals surface area contributed by atoms with Crippen molar-refractivity contribution in [2.24, 2.45) is 0 Å². The van der Waals surface area contributed by atoms with Crippen molar-refractivity contribution in [1.29, 1.82) is 5.26 Å². The average molecular weight is 292 g/mol. The molecule has 0 aliphatic carbocycles. The first-order valence-corrected chi connectivity index (χ1v) is 7.22. The van der Waals surface area contributed by atoms with E-state index in [-0.39, 0.29) is 18.6 Å². The summed E-state index contributed by atoms with van der Waals surface area (Å²) < 4.78 is 5.54. The number of ether oxygens (including phenoxy) is 1. The molecular weight excluding hydrogens is 276 g/mol. The van der Waals surface area contributed by atoms with Crippen molar-refractivity contribution in [2.75, 3.05) is 11.5 Å². The fourth-order valence-corrected chi connectivity index (χ4v) is 2.79. The topological polar surface area (TPSA) is 53.3 Å². The van der Waals surface area contributed by atoms with Gasteiger partial charge in [0.05, 0.1) is 11.6 Å². The van der Waals surface area contributed by atoms with Gasteiger partial charge in [0.1, 0.15) is 5.75 Å². The van der Waals surface area contributed by atoms with Crippen LogP contribution in [0.2, 0.25) is 0 Å². The van der Waals surface area contributed by atoms with Crippen molar-refractivity contribution in [3.8, 4) is 11.8 Å². The molecule has 1 unspecified atom stereocenters. The highest BCUT2D eigenvalue weighted by atomic mass is 16.5. The Balaban J connectivity index is 1.68. The third kappa shape index (κ3) is 2.66. The Morgan fingerprint density at radius 1 is 1.27 bits per heavy atom. The van der Waals surface area contributed by atoms with Crippen molar-refractivity contribution in [2.45, 2.75) is 19.4 Å². The van der Waals surface area contributed by atoms with Crippen LogP contribution in [0.5, 0.6) is 5.75 Å². The maximum Gasteiger partial charge on any atom is 0.265 e. The number of amides is 1. The first kappa shape index (κ1) is 14.2. The molecule has 1 aliphatic heterocycles. The zero-order valence-corrected chi connectivity index (χ0v) is 12.3. The van der Waals surface area contributed by atoms with E-state index in [4.69, 9.17) is 10.00 Å². The minimum absolute atomic E-state index is 0.00935. The first-order valence-electron chi connectivity index (χ1n) is 7.22. The Morgan fingerprint density at radius 2 is 2.00 bits per heavy atom. The molecule has 1 aliphatic rings. The number of rotatable bonds is 3. The predicted octanol–water partition coefficient (Wildman–Crippen LogP) is 2.91. The van der Waals surface area contributed by atoms with Crippen LogP contribution >= 0.6 is 0 Å². The van der Waals surface area contributed by atoms with Crippen LogP contribution in [0.4, 0.5) is 5.69 Å². The Morgan fingerprint density at radius 3 is 2.73 bits per heavy atom. The van der Waals surface area contributed by atoms with Gasteiger partial charge in [-0.05, 0) is 49.2 Å². The fraction of sp³-hybridized carbons (Fsp3) is 0.222. The molecule has 0 saturated carbocycles. The van der Waals surface area contributed by atoms with Gasteiger partial charge in [-0.3, -0.25) is 4.79 Å². The molecule has 0 radical (unpaired) electrons. The number of para-hydroxylation sites is 1. The van der Waals surface area contributed by atoms with Crippen molar-refractivity contribution < 1.29 is 9.53 Å². The molecule has 1 atom stereocenters. The first-order chi connectivity index (χ1) is 10.7. The van der Waals surface area contributed by atoms with Crippen molar-refractivity contribution in [3.05, 3.63) is 59.7 Å². The van der Waals surface area contributed by atoms with Crippen LogP contribution in [-0.2, 0) is 11.2 Å². The van der Waals surface area contributed by atoms with Crippen molar-refractivity contribution in [1.82, 2.24) is 0 Å². The summed E-state index contributed by atoms with van der Waals surface area (Å²) in [5.41, 5.74) is 2.74. The zero-order valence-electron chi connectivity index (χ0n) is 12.3. The van der Waals surface area contributed by atoms with Crippen LogP contribution in [0.3, 0.4) is 0 Å².